The summed E-state index contributed by atoms with van der Waals surface area (Å²) < 4.78 is 30.9. The first-order chi connectivity index (χ1) is 17.2. The quantitative estimate of drug-likeness (QED) is 0.198. The maximum Gasteiger partial charge on any atom is 0.323 e. The van der Waals surface area contributed by atoms with Gasteiger partial charge in [0.25, 0.3) is 5.69 Å². The minimum Gasteiger partial charge on any atom is -0.378 e. The summed E-state index contributed by atoms with van der Waals surface area (Å²) >= 11 is 0. The number of nitrogens with zero attached hydrogens (tertiary/aromatic N) is 2. The highest BCUT2D eigenvalue weighted by atomic mass is 32.2. The van der Waals surface area contributed by atoms with Crippen LogP contribution in [-0.2, 0) is 14.6 Å². The number of carbonyl (C=O) groups is 1. The van der Waals surface area contributed by atoms with Crippen molar-refractivity contribution in [2.45, 2.75) is 9.79 Å². The number of nitrogens with one attached hydrogen (secondary N) is 3. The summed E-state index contributed by atoms with van der Waals surface area (Å²) in [6.45, 7) is 2.40. The number of morpholine rings is 1. The van der Waals surface area contributed by atoms with E-state index in [2.05, 4.69) is 10.6 Å². The molecule has 0 atom stereocenters. The number of ether oxygens (including phenoxy) is 1. The molecule has 1 aliphatic heterocycles. The van der Waals surface area contributed by atoms with Crippen LogP contribution in [0.15, 0.2) is 82.6 Å². The number of carbonyl (C=O) groups excluding carboxylic acids is 1. The van der Waals surface area contributed by atoms with Gasteiger partial charge < -0.3 is 20.3 Å². The number of urea groups is 1. The minimum absolute atomic E-state index is 0.0170. The molecule has 0 saturated carbocycles. The van der Waals surface area contributed by atoms with Crippen molar-refractivity contribution in [3.63, 3.8) is 0 Å². The molecule has 11 nitrogen and oxygen atoms in total. The van der Waals surface area contributed by atoms with Crippen LogP contribution in [-0.4, -0.2) is 56.4 Å². The van der Waals surface area contributed by atoms with E-state index in [1.807, 2.05) is 4.90 Å². The molecule has 0 aliphatic carbocycles. The number of rotatable bonds is 6. The highest BCUT2D eigenvalue weighted by Gasteiger charge is 2.19. The number of nitro groups is 1. The summed E-state index contributed by atoms with van der Waals surface area (Å²) in [4.78, 5) is 24.5. The molecule has 0 spiro atoms. The highest BCUT2D eigenvalue weighted by Crippen LogP contribution is 2.24. The molecule has 0 radical (unpaired) electrons. The largest absolute Gasteiger partial charge is 0.378 e. The highest BCUT2D eigenvalue weighted by molar-refractivity contribution is 7.91. The van der Waals surface area contributed by atoms with Gasteiger partial charge in [0.2, 0.25) is 9.84 Å². The van der Waals surface area contributed by atoms with Crippen molar-refractivity contribution in [3.05, 3.63) is 88.5 Å². The van der Waals surface area contributed by atoms with Gasteiger partial charge in [-0.25, -0.2) is 13.2 Å². The van der Waals surface area contributed by atoms with Crippen LogP contribution in [0.3, 0.4) is 0 Å². The number of hydrogen-bond acceptors (Lipinski definition) is 7. The Kier molecular flexibility index (Phi) is 7.27. The zero-order chi connectivity index (χ0) is 25.7. The van der Waals surface area contributed by atoms with Gasteiger partial charge in [0.1, 0.15) is 5.84 Å². The normalized spacial score (nSPS) is 13.6. The molecule has 1 heterocycles. The van der Waals surface area contributed by atoms with E-state index in [1.54, 1.807) is 24.3 Å². The second-order valence-electron chi connectivity index (χ2n) is 7.89. The average molecular weight is 510 g/mol. The first kappa shape index (κ1) is 24.8. The molecular formula is C24H23N5O6S. The minimum atomic E-state index is -3.88. The van der Waals surface area contributed by atoms with Crippen molar-refractivity contribution in [2.24, 2.45) is 0 Å². The van der Waals surface area contributed by atoms with Crippen molar-refractivity contribution in [3.8, 4) is 0 Å². The Bertz CT molecular complexity index is 1390. The van der Waals surface area contributed by atoms with Crippen molar-refractivity contribution in [1.82, 2.24) is 4.90 Å². The summed E-state index contributed by atoms with van der Waals surface area (Å²) in [7, 11) is -3.88. The molecule has 3 N–H and O–H groups in total. The maximum absolute atomic E-state index is 12.8. The zero-order valence-electron chi connectivity index (χ0n) is 19.0. The molecule has 0 aromatic heterocycles. The van der Waals surface area contributed by atoms with Crippen LogP contribution in [0.2, 0.25) is 0 Å². The molecule has 0 unspecified atom stereocenters. The SMILES string of the molecule is N=C(c1cccc(NC(=O)Nc2ccc(S(=O)(=O)c3ccc([N+](=O)[O-])cc3)cc2)c1)N1CCOCC1. The van der Waals surface area contributed by atoms with Crippen LogP contribution in [0, 0.1) is 15.5 Å². The van der Waals surface area contributed by atoms with E-state index in [1.165, 1.54) is 36.4 Å². The molecule has 3 aromatic carbocycles. The van der Waals surface area contributed by atoms with Crippen LogP contribution in [0.25, 0.3) is 0 Å². The fourth-order valence-electron chi connectivity index (χ4n) is 3.61. The molecule has 12 heteroatoms. The number of anilines is 2. The predicted molar refractivity (Wildman–Crippen MR) is 133 cm³/mol. The van der Waals surface area contributed by atoms with Crippen LogP contribution in [0.5, 0.6) is 0 Å². The van der Waals surface area contributed by atoms with Crippen molar-refractivity contribution >= 4 is 38.8 Å². The number of benzene rings is 3. The van der Waals surface area contributed by atoms with Crippen molar-refractivity contribution in [2.75, 3.05) is 36.9 Å². The first-order valence-corrected chi connectivity index (χ1v) is 12.4. The van der Waals surface area contributed by atoms with Gasteiger partial charge in [0, 0.05) is 42.2 Å². The van der Waals surface area contributed by atoms with Gasteiger partial charge in [-0.3, -0.25) is 15.5 Å². The number of non-ortho nitro benzene ring substituents is 1. The van der Waals surface area contributed by atoms with E-state index < -0.39 is 20.8 Å². The predicted octanol–water partition coefficient (Wildman–Crippen LogP) is 3.73. The number of amides is 2. The van der Waals surface area contributed by atoms with Crippen LogP contribution in [0.1, 0.15) is 5.56 Å². The average Bonchev–Trinajstić information content (AvgIpc) is 2.89. The molecule has 186 valence electrons. The summed E-state index contributed by atoms with van der Waals surface area (Å²) in [6, 6.07) is 16.6. The fraction of sp³-hybridized carbons (Fsp3) is 0.167. The Balaban J connectivity index is 1.40. The number of amidine groups is 1. The monoisotopic (exact) mass is 509 g/mol. The topological polar surface area (TPSA) is 155 Å². The van der Waals surface area contributed by atoms with Gasteiger partial charge in [-0.05, 0) is 48.5 Å². The Morgan fingerprint density at radius 3 is 2.11 bits per heavy atom. The van der Waals surface area contributed by atoms with E-state index in [4.69, 9.17) is 10.1 Å². The van der Waals surface area contributed by atoms with Gasteiger partial charge in [-0.15, -0.1) is 0 Å². The van der Waals surface area contributed by atoms with E-state index in [9.17, 15) is 23.3 Å². The Labute approximate surface area is 207 Å². The molecule has 36 heavy (non-hydrogen) atoms. The Hall–Kier alpha value is -4.29. The molecule has 1 aliphatic rings. The molecule has 2 amide bonds. The van der Waals surface area contributed by atoms with E-state index >= 15 is 0 Å². The molecule has 1 saturated heterocycles. The summed E-state index contributed by atoms with van der Waals surface area (Å²) in [5, 5.41) is 24.5. The second kappa shape index (κ2) is 10.5. The summed E-state index contributed by atoms with van der Waals surface area (Å²) in [6.07, 6.45) is 0. The van der Waals surface area contributed by atoms with Gasteiger partial charge in [-0.1, -0.05) is 12.1 Å². The Morgan fingerprint density at radius 2 is 1.50 bits per heavy atom. The Morgan fingerprint density at radius 1 is 0.917 bits per heavy atom. The van der Waals surface area contributed by atoms with Gasteiger partial charge >= 0.3 is 6.03 Å². The van der Waals surface area contributed by atoms with Crippen LogP contribution in [0.4, 0.5) is 21.9 Å². The molecular weight excluding hydrogens is 486 g/mol. The second-order valence-corrected chi connectivity index (χ2v) is 9.84. The standard InChI is InChI=1S/C24H23N5O6S/c25-23(28-12-14-35-15-13-28)17-2-1-3-19(16-17)27-24(30)26-18-4-8-21(9-5-18)36(33,34)22-10-6-20(7-11-22)29(31)32/h1-11,16,25H,12-15H2,(H2,26,27,30). The maximum atomic E-state index is 12.8. The lowest BCUT2D eigenvalue weighted by Gasteiger charge is -2.29. The summed E-state index contributed by atoms with van der Waals surface area (Å²) in [5.41, 5.74) is 1.33. The number of nitro benzene ring substituents is 1. The number of hydrogen-bond donors (Lipinski definition) is 3. The zero-order valence-corrected chi connectivity index (χ0v) is 19.8. The van der Waals surface area contributed by atoms with Crippen LogP contribution >= 0.6 is 0 Å². The first-order valence-electron chi connectivity index (χ1n) is 10.9. The van der Waals surface area contributed by atoms with Crippen molar-refractivity contribution < 1.29 is 22.9 Å². The van der Waals surface area contributed by atoms with Gasteiger partial charge in [0.15, 0.2) is 0 Å². The summed E-state index contributed by atoms with van der Waals surface area (Å²) in [5.74, 6) is 0.354. The van der Waals surface area contributed by atoms with Crippen molar-refractivity contribution in [1.29, 1.82) is 5.41 Å². The van der Waals surface area contributed by atoms with E-state index in [-0.39, 0.29) is 15.5 Å². The fourth-order valence-corrected chi connectivity index (χ4v) is 4.87. The van der Waals surface area contributed by atoms with Crippen LogP contribution < -0.4 is 10.6 Å². The van der Waals surface area contributed by atoms with Gasteiger partial charge in [-0.2, -0.15) is 0 Å². The number of sulfone groups is 1. The molecule has 3 aromatic rings. The lowest BCUT2D eigenvalue weighted by Crippen LogP contribution is -2.40. The smallest absolute Gasteiger partial charge is 0.323 e. The third-order valence-electron chi connectivity index (χ3n) is 5.50. The molecule has 0 bridgehead atoms. The third kappa shape index (κ3) is 5.67. The molecule has 1 fully saturated rings. The molecule has 4 rings (SSSR count). The third-order valence-corrected chi connectivity index (χ3v) is 7.29. The van der Waals surface area contributed by atoms with E-state index in [0.29, 0.717) is 49.1 Å². The van der Waals surface area contributed by atoms with Gasteiger partial charge in [0.05, 0.1) is 27.9 Å². The van der Waals surface area contributed by atoms with E-state index in [0.717, 1.165) is 12.1 Å². The lowest BCUT2D eigenvalue weighted by molar-refractivity contribution is -0.384. The lowest BCUT2D eigenvalue weighted by atomic mass is 10.1.